The van der Waals surface area contributed by atoms with Crippen molar-refractivity contribution in [3.05, 3.63) is 77.0 Å². The number of rotatable bonds is 3. The molecule has 0 aliphatic heterocycles. The number of carbonyl (C=O) groups excluding carboxylic acids is 1. The van der Waals surface area contributed by atoms with Crippen LogP contribution in [0.25, 0.3) is 22.4 Å². The molecule has 0 unspecified atom stereocenters. The van der Waals surface area contributed by atoms with Crippen LogP contribution in [0.1, 0.15) is 27.2 Å². The maximum Gasteiger partial charge on any atom is 0.259 e. The molecule has 0 spiro atoms. The fraction of sp³-hybridized carbons (Fsp3) is 0.0909. The zero-order valence-electron chi connectivity index (χ0n) is 15.4. The van der Waals surface area contributed by atoms with Gasteiger partial charge in [-0.2, -0.15) is 5.26 Å². The Morgan fingerprint density at radius 2 is 1.79 bits per heavy atom. The number of aromatic nitrogens is 2. The number of carbonyl (C=O) groups is 1. The lowest BCUT2D eigenvalue weighted by Gasteiger charge is -2.09. The van der Waals surface area contributed by atoms with Crippen LogP contribution >= 0.6 is 0 Å². The van der Waals surface area contributed by atoms with E-state index in [0.717, 1.165) is 11.1 Å². The number of aryl methyl sites for hydroxylation is 2. The van der Waals surface area contributed by atoms with E-state index in [1.54, 1.807) is 37.3 Å². The van der Waals surface area contributed by atoms with E-state index in [9.17, 15) is 4.79 Å². The Morgan fingerprint density at radius 1 is 1.07 bits per heavy atom. The van der Waals surface area contributed by atoms with E-state index in [1.165, 1.54) is 0 Å². The predicted octanol–water partition coefficient (Wildman–Crippen LogP) is 4.63. The molecule has 1 amide bonds. The number of amides is 1. The zero-order valence-corrected chi connectivity index (χ0v) is 15.4. The van der Waals surface area contributed by atoms with Crippen LogP contribution < -0.4 is 5.32 Å². The van der Waals surface area contributed by atoms with Crippen LogP contribution in [0.5, 0.6) is 0 Å². The van der Waals surface area contributed by atoms with Crippen molar-refractivity contribution < 1.29 is 9.32 Å². The normalized spacial score (nSPS) is 10.6. The third kappa shape index (κ3) is 3.21. The summed E-state index contributed by atoms with van der Waals surface area (Å²) in [6.45, 7) is 3.79. The van der Waals surface area contributed by atoms with Gasteiger partial charge in [0.15, 0.2) is 0 Å². The molecule has 1 N–H and O–H groups in total. The summed E-state index contributed by atoms with van der Waals surface area (Å²) in [4.78, 5) is 17.5. The van der Waals surface area contributed by atoms with Crippen LogP contribution in [0.15, 0.2) is 59.1 Å². The van der Waals surface area contributed by atoms with E-state index in [4.69, 9.17) is 9.78 Å². The number of nitriles is 1. The van der Waals surface area contributed by atoms with Gasteiger partial charge < -0.3 is 9.84 Å². The summed E-state index contributed by atoms with van der Waals surface area (Å²) in [5.74, 6) is -0.295. The third-order valence-electron chi connectivity index (χ3n) is 4.48. The number of anilines is 1. The third-order valence-corrected chi connectivity index (χ3v) is 4.48. The summed E-state index contributed by atoms with van der Waals surface area (Å²) < 4.78 is 5.33. The highest BCUT2D eigenvalue weighted by atomic mass is 16.5. The van der Waals surface area contributed by atoms with Crippen LogP contribution in [-0.4, -0.2) is 16.0 Å². The maximum absolute atomic E-state index is 13.0. The van der Waals surface area contributed by atoms with Crippen LogP contribution in [0.3, 0.4) is 0 Å². The number of fused-ring (bicyclic) bond motifs is 1. The Morgan fingerprint density at radius 3 is 2.46 bits per heavy atom. The highest BCUT2D eigenvalue weighted by molar-refractivity contribution is 6.13. The first kappa shape index (κ1) is 17.4. The summed E-state index contributed by atoms with van der Waals surface area (Å²) in [5.41, 5.74) is 5.13. The monoisotopic (exact) mass is 368 g/mol. The zero-order chi connectivity index (χ0) is 19.7. The molecule has 0 bridgehead atoms. The van der Waals surface area contributed by atoms with Gasteiger partial charge in [0.2, 0.25) is 0 Å². The summed E-state index contributed by atoms with van der Waals surface area (Å²) in [6, 6.07) is 18.4. The minimum atomic E-state index is -0.295. The van der Waals surface area contributed by atoms with Crippen molar-refractivity contribution in [2.45, 2.75) is 13.8 Å². The van der Waals surface area contributed by atoms with E-state index >= 15 is 0 Å². The molecule has 136 valence electrons. The van der Waals surface area contributed by atoms with Crippen molar-refractivity contribution in [2.75, 3.05) is 5.32 Å². The van der Waals surface area contributed by atoms with Gasteiger partial charge in [-0.1, -0.05) is 35.0 Å². The first-order valence-corrected chi connectivity index (χ1v) is 8.71. The van der Waals surface area contributed by atoms with E-state index < -0.39 is 0 Å². The van der Waals surface area contributed by atoms with Crippen molar-refractivity contribution in [1.82, 2.24) is 10.1 Å². The molecule has 0 aliphatic rings. The van der Waals surface area contributed by atoms with Crippen LogP contribution in [-0.2, 0) is 0 Å². The number of nitrogens with one attached hydrogen (secondary N) is 1. The summed E-state index contributed by atoms with van der Waals surface area (Å²) in [7, 11) is 0. The van der Waals surface area contributed by atoms with Gasteiger partial charge in [0.1, 0.15) is 0 Å². The summed E-state index contributed by atoms with van der Waals surface area (Å²) >= 11 is 0. The highest BCUT2D eigenvalue weighted by Crippen LogP contribution is 2.28. The Labute approximate surface area is 161 Å². The van der Waals surface area contributed by atoms with Crippen LogP contribution in [0.4, 0.5) is 5.69 Å². The molecule has 0 radical (unpaired) electrons. The molecule has 0 fully saturated rings. The molecule has 0 aliphatic carbocycles. The topological polar surface area (TPSA) is 91.8 Å². The largest absolute Gasteiger partial charge is 0.335 e. The van der Waals surface area contributed by atoms with Gasteiger partial charge in [-0.3, -0.25) is 4.79 Å². The SMILES string of the molecule is Cc1ccc(-c2cc(C(=O)Nc3ccc(C#N)cc3)c3c(C)noc3n2)cc1. The highest BCUT2D eigenvalue weighted by Gasteiger charge is 2.19. The fourth-order valence-corrected chi connectivity index (χ4v) is 2.97. The van der Waals surface area contributed by atoms with Crippen LogP contribution in [0, 0.1) is 25.2 Å². The van der Waals surface area contributed by atoms with Crippen molar-refractivity contribution in [1.29, 1.82) is 5.26 Å². The molecule has 28 heavy (non-hydrogen) atoms. The van der Waals surface area contributed by atoms with E-state index in [-0.39, 0.29) is 5.91 Å². The van der Waals surface area contributed by atoms with Crippen molar-refractivity contribution >= 4 is 22.7 Å². The minimum Gasteiger partial charge on any atom is -0.335 e. The van der Waals surface area contributed by atoms with Gasteiger partial charge >= 0.3 is 0 Å². The van der Waals surface area contributed by atoms with Gasteiger partial charge in [-0.15, -0.1) is 0 Å². The minimum absolute atomic E-state index is 0.295. The number of hydrogen-bond acceptors (Lipinski definition) is 5. The molecular formula is C22H16N4O2. The molecule has 4 rings (SSSR count). The molecule has 4 aromatic rings. The van der Waals surface area contributed by atoms with Gasteiger partial charge in [-0.05, 0) is 44.2 Å². The van der Waals surface area contributed by atoms with Crippen molar-refractivity contribution in [2.24, 2.45) is 0 Å². The van der Waals surface area contributed by atoms with E-state index in [0.29, 0.717) is 39.3 Å². The lowest BCUT2D eigenvalue weighted by Crippen LogP contribution is -2.13. The fourth-order valence-electron chi connectivity index (χ4n) is 2.97. The summed E-state index contributed by atoms with van der Waals surface area (Å²) in [5, 5.41) is 16.3. The number of nitrogens with zero attached hydrogens (tertiary/aromatic N) is 3. The van der Waals surface area contributed by atoms with Crippen molar-refractivity contribution in [3.63, 3.8) is 0 Å². The first-order valence-electron chi connectivity index (χ1n) is 8.71. The van der Waals surface area contributed by atoms with Gasteiger partial charge in [-0.25, -0.2) is 4.98 Å². The average molecular weight is 368 g/mol. The lowest BCUT2D eigenvalue weighted by atomic mass is 10.0. The Balaban J connectivity index is 1.77. The smallest absolute Gasteiger partial charge is 0.259 e. The number of pyridine rings is 1. The van der Waals surface area contributed by atoms with E-state index in [1.807, 2.05) is 31.2 Å². The Bertz CT molecular complexity index is 1220. The maximum atomic E-state index is 13.0. The molecule has 0 saturated carbocycles. The summed E-state index contributed by atoms with van der Waals surface area (Å²) in [6.07, 6.45) is 0. The first-order chi connectivity index (χ1) is 13.5. The average Bonchev–Trinajstić information content (AvgIpc) is 3.09. The van der Waals surface area contributed by atoms with Gasteiger partial charge in [0.25, 0.3) is 11.6 Å². The molecule has 2 aromatic heterocycles. The van der Waals surface area contributed by atoms with Gasteiger partial charge in [0.05, 0.1) is 34.0 Å². The standard InChI is InChI=1S/C22H16N4O2/c1-13-3-7-16(8-4-13)19-11-18(20-14(2)26-28-22(20)25-19)21(27)24-17-9-5-15(12-23)6-10-17/h3-11H,1-2H3,(H,24,27). The van der Waals surface area contributed by atoms with E-state index in [2.05, 4.69) is 21.5 Å². The van der Waals surface area contributed by atoms with Crippen LogP contribution in [0.2, 0.25) is 0 Å². The molecule has 2 heterocycles. The molecule has 6 nitrogen and oxygen atoms in total. The second-order valence-electron chi connectivity index (χ2n) is 6.51. The second kappa shape index (κ2) is 6.97. The second-order valence-corrected chi connectivity index (χ2v) is 6.51. The Hall–Kier alpha value is -3.98. The number of benzene rings is 2. The Kier molecular flexibility index (Phi) is 4.34. The number of hydrogen-bond donors (Lipinski definition) is 1. The molecule has 0 atom stereocenters. The molecular weight excluding hydrogens is 352 g/mol. The van der Waals surface area contributed by atoms with Gasteiger partial charge in [0, 0.05) is 11.3 Å². The molecule has 0 saturated heterocycles. The molecule has 6 heteroatoms. The van der Waals surface area contributed by atoms with Crippen molar-refractivity contribution in [3.8, 4) is 17.3 Å². The predicted molar refractivity (Wildman–Crippen MR) is 106 cm³/mol. The lowest BCUT2D eigenvalue weighted by molar-refractivity contribution is 0.102. The molecule has 2 aromatic carbocycles. The quantitative estimate of drug-likeness (QED) is 0.569.